The Morgan fingerprint density at radius 3 is 2.79 bits per heavy atom. The molecule has 0 amide bonds. The third-order valence-corrected chi connectivity index (χ3v) is 2.35. The summed E-state index contributed by atoms with van der Waals surface area (Å²) in [6.07, 6.45) is 1.46. The molecule has 2 rings (SSSR count). The highest BCUT2D eigenvalue weighted by molar-refractivity contribution is 5.88. The molecule has 0 bridgehead atoms. The first-order chi connectivity index (χ1) is 9.08. The average Bonchev–Trinajstić information content (AvgIpc) is 2.89. The van der Waals surface area contributed by atoms with Gasteiger partial charge in [0.2, 0.25) is 0 Å². The monoisotopic (exact) mass is 263 g/mol. The lowest BCUT2D eigenvalue weighted by molar-refractivity contribution is -0.386. The fourth-order valence-electron chi connectivity index (χ4n) is 1.46. The van der Waals surface area contributed by atoms with E-state index in [-0.39, 0.29) is 17.9 Å². The number of ether oxygens (including phenoxy) is 1. The number of nitro benzene ring substituents is 1. The molecule has 0 fully saturated rings. The minimum absolute atomic E-state index is 0.00796. The molecule has 1 heterocycles. The minimum atomic E-state index is -1.24. The smallest absolute Gasteiger partial charge is 0.335 e. The molecule has 0 saturated carbocycles. The first-order valence-corrected chi connectivity index (χ1v) is 5.25. The maximum absolute atomic E-state index is 10.9. The van der Waals surface area contributed by atoms with E-state index in [2.05, 4.69) is 0 Å². The second-order valence-corrected chi connectivity index (χ2v) is 3.61. The Labute approximate surface area is 107 Å². The van der Waals surface area contributed by atoms with Crippen LogP contribution in [-0.4, -0.2) is 16.0 Å². The fourth-order valence-corrected chi connectivity index (χ4v) is 1.46. The minimum Gasteiger partial charge on any atom is -0.479 e. The van der Waals surface area contributed by atoms with E-state index in [1.807, 2.05) is 0 Å². The highest BCUT2D eigenvalue weighted by atomic mass is 16.6. The number of carboxylic acids is 1. The summed E-state index contributed by atoms with van der Waals surface area (Å²) in [7, 11) is 0. The summed E-state index contributed by atoms with van der Waals surface area (Å²) in [5, 5.41) is 19.7. The van der Waals surface area contributed by atoms with Gasteiger partial charge in [0.05, 0.1) is 16.7 Å². The molecule has 0 aliphatic heterocycles. The number of nitrogens with zero attached hydrogens (tertiary/aromatic N) is 1. The summed E-state index contributed by atoms with van der Waals surface area (Å²) in [6.45, 7) is 0.0280. The van der Waals surface area contributed by atoms with Gasteiger partial charge in [0.1, 0.15) is 12.4 Å². The van der Waals surface area contributed by atoms with Crippen molar-refractivity contribution in [3.8, 4) is 5.75 Å². The Hall–Kier alpha value is -2.83. The molecule has 0 unspecified atom stereocenters. The van der Waals surface area contributed by atoms with Crippen molar-refractivity contribution in [2.75, 3.05) is 0 Å². The van der Waals surface area contributed by atoms with Crippen molar-refractivity contribution < 1.29 is 24.0 Å². The topological polar surface area (TPSA) is 103 Å². The van der Waals surface area contributed by atoms with Crippen molar-refractivity contribution in [2.24, 2.45) is 0 Å². The number of carboxylic acid groups (broad SMARTS) is 1. The van der Waals surface area contributed by atoms with Crippen LogP contribution in [0.15, 0.2) is 41.0 Å². The van der Waals surface area contributed by atoms with Crippen molar-refractivity contribution in [3.05, 3.63) is 58.0 Å². The van der Waals surface area contributed by atoms with Crippen molar-refractivity contribution in [1.29, 1.82) is 0 Å². The second kappa shape index (κ2) is 5.21. The standard InChI is InChI=1S/C12H9NO6/c14-12(15)8-3-4-11(10(6-8)13(16)17)19-7-9-2-1-5-18-9/h1-6H,7H2,(H,14,15). The van der Waals surface area contributed by atoms with E-state index in [9.17, 15) is 14.9 Å². The lowest BCUT2D eigenvalue weighted by Gasteiger charge is -2.05. The van der Waals surface area contributed by atoms with Gasteiger partial charge in [-0.1, -0.05) is 0 Å². The Morgan fingerprint density at radius 2 is 2.21 bits per heavy atom. The summed E-state index contributed by atoms with van der Waals surface area (Å²) in [4.78, 5) is 20.9. The number of benzene rings is 1. The van der Waals surface area contributed by atoms with Gasteiger partial charge in [-0.3, -0.25) is 10.1 Å². The van der Waals surface area contributed by atoms with Crippen LogP contribution in [0, 0.1) is 10.1 Å². The Bertz CT molecular complexity index is 605. The number of furan rings is 1. The largest absolute Gasteiger partial charge is 0.479 e. The number of hydrogen-bond acceptors (Lipinski definition) is 5. The van der Waals surface area contributed by atoms with Crippen LogP contribution in [0.3, 0.4) is 0 Å². The third kappa shape index (κ3) is 2.89. The predicted molar refractivity (Wildman–Crippen MR) is 63.1 cm³/mol. The Kier molecular flexibility index (Phi) is 3.46. The van der Waals surface area contributed by atoms with Crippen molar-refractivity contribution >= 4 is 11.7 Å². The van der Waals surface area contributed by atoms with Gasteiger partial charge < -0.3 is 14.3 Å². The van der Waals surface area contributed by atoms with E-state index < -0.39 is 16.6 Å². The van der Waals surface area contributed by atoms with Crippen molar-refractivity contribution in [2.45, 2.75) is 6.61 Å². The molecular formula is C12H9NO6. The van der Waals surface area contributed by atoms with E-state index in [1.165, 1.54) is 18.4 Å². The average molecular weight is 263 g/mol. The summed E-state index contributed by atoms with van der Waals surface area (Å²) in [5.41, 5.74) is -0.566. The molecule has 0 aliphatic carbocycles. The van der Waals surface area contributed by atoms with E-state index >= 15 is 0 Å². The molecule has 1 aromatic carbocycles. The molecule has 2 aromatic rings. The normalized spacial score (nSPS) is 10.1. The van der Waals surface area contributed by atoms with Gasteiger partial charge in [-0.15, -0.1) is 0 Å². The van der Waals surface area contributed by atoms with E-state index in [1.54, 1.807) is 12.1 Å². The van der Waals surface area contributed by atoms with Gasteiger partial charge in [0.25, 0.3) is 0 Å². The summed E-state index contributed by atoms with van der Waals surface area (Å²) < 4.78 is 10.3. The third-order valence-electron chi connectivity index (χ3n) is 2.35. The molecular weight excluding hydrogens is 254 g/mol. The molecule has 0 atom stereocenters. The van der Waals surface area contributed by atoms with Gasteiger partial charge in [0, 0.05) is 6.07 Å². The van der Waals surface area contributed by atoms with E-state index in [0.717, 1.165) is 6.07 Å². The molecule has 0 radical (unpaired) electrons. The van der Waals surface area contributed by atoms with Gasteiger partial charge in [-0.05, 0) is 24.3 Å². The summed E-state index contributed by atoms with van der Waals surface area (Å²) >= 11 is 0. The first kappa shape index (κ1) is 12.6. The fraction of sp³-hybridized carbons (Fsp3) is 0.0833. The molecule has 0 saturated heterocycles. The highest BCUT2D eigenvalue weighted by Gasteiger charge is 2.18. The Balaban J connectivity index is 2.24. The van der Waals surface area contributed by atoms with E-state index in [4.69, 9.17) is 14.3 Å². The van der Waals surface area contributed by atoms with Crippen LogP contribution in [0.25, 0.3) is 0 Å². The van der Waals surface area contributed by atoms with Gasteiger partial charge >= 0.3 is 11.7 Å². The van der Waals surface area contributed by atoms with Crippen LogP contribution in [-0.2, 0) is 6.61 Å². The SMILES string of the molecule is O=C(O)c1ccc(OCc2ccco2)c([N+](=O)[O-])c1. The quantitative estimate of drug-likeness (QED) is 0.656. The lowest BCUT2D eigenvalue weighted by atomic mass is 10.2. The zero-order valence-electron chi connectivity index (χ0n) is 9.61. The maximum atomic E-state index is 10.9. The number of hydrogen-bond donors (Lipinski definition) is 1. The predicted octanol–water partition coefficient (Wildman–Crippen LogP) is 2.47. The molecule has 7 heteroatoms. The highest BCUT2D eigenvalue weighted by Crippen LogP contribution is 2.28. The van der Waals surface area contributed by atoms with Crippen LogP contribution in [0.2, 0.25) is 0 Å². The van der Waals surface area contributed by atoms with Crippen molar-refractivity contribution in [3.63, 3.8) is 0 Å². The van der Waals surface area contributed by atoms with Gasteiger partial charge in [0.15, 0.2) is 5.75 Å². The first-order valence-electron chi connectivity index (χ1n) is 5.25. The molecule has 7 nitrogen and oxygen atoms in total. The van der Waals surface area contributed by atoms with Crippen LogP contribution in [0.5, 0.6) is 5.75 Å². The number of aromatic carboxylic acids is 1. The molecule has 19 heavy (non-hydrogen) atoms. The lowest BCUT2D eigenvalue weighted by Crippen LogP contribution is -2.02. The van der Waals surface area contributed by atoms with Crippen molar-refractivity contribution in [1.82, 2.24) is 0 Å². The number of rotatable bonds is 5. The molecule has 0 aliphatic rings. The van der Waals surface area contributed by atoms with Crippen LogP contribution in [0.4, 0.5) is 5.69 Å². The number of nitro groups is 1. The van der Waals surface area contributed by atoms with Crippen LogP contribution in [0.1, 0.15) is 16.1 Å². The maximum Gasteiger partial charge on any atom is 0.335 e. The van der Waals surface area contributed by atoms with Gasteiger partial charge in [-0.2, -0.15) is 0 Å². The summed E-state index contributed by atoms with van der Waals surface area (Å²) in [5.74, 6) is -0.733. The molecule has 98 valence electrons. The van der Waals surface area contributed by atoms with E-state index in [0.29, 0.717) is 5.76 Å². The zero-order chi connectivity index (χ0) is 13.8. The second-order valence-electron chi connectivity index (χ2n) is 3.61. The van der Waals surface area contributed by atoms with Gasteiger partial charge in [-0.25, -0.2) is 4.79 Å². The number of carbonyl (C=O) groups is 1. The molecule has 0 spiro atoms. The molecule has 1 N–H and O–H groups in total. The Morgan fingerprint density at radius 1 is 1.42 bits per heavy atom. The zero-order valence-corrected chi connectivity index (χ0v) is 9.61. The van der Waals surface area contributed by atoms with Crippen LogP contribution < -0.4 is 4.74 Å². The van der Waals surface area contributed by atoms with Crippen LogP contribution >= 0.6 is 0 Å². The summed E-state index contributed by atoms with van der Waals surface area (Å²) in [6, 6.07) is 6.79. The molecule has 1 aromatic heterocycles.